The van der Waals surface area contributed by atoms with Gasteiger partial charge in [-0.2, -0.15) is 0 Å². The predicted molar refractivity (Wildman–Crippen MR) is 68.7 cm³/mol. The number of rotatable bonds is 5. The van der Waals surface area contributed by atoms with Crippen molar-refractivity contribution in [2.24, 2.45) is 0 Å². The molecule has 0 aliphatic heterocycles. The van der Waals surface area contributed by atoms with Crippen LogP contribution in [0.15, 0.2) is 17.0 Å². The van der Waals surface area contributed by atoms with Crippen molar-refractivity contribution in [2.45, 2.75) is 4.90 Å². The van der Waals surface area contributed by atoms with Gasteiger partial charge in [0.25, 0.3) is 15.0 Å². The minimum atomic E-state index is -4.30. The second kappa shape index (κ2) is 6.51. The fourth-order valence-electron chi connectivity index (χ4n) is 1.25. The van der Waals surface area contributed by atoms with E-state index in [1.165, 1.54) is 7.11 Å². The van der Waals surface area contributed by atoms with E-state index in [-0.39, 0.29) is 23.7 Å². The van der Waals surface area contributed by atoms with E-state index < -0.39 is 25.7 Å². The third-order valence-electron chi connectivity index (χ3n) is 2.12. The van der Waals surface area contributed by atoms with Gasteiger partial charge in [0.1, 0.15) is 10.7 Å². The zero-order valence-electron chi connectivity index (χ0n) is 9.74. The van der Waals surface area contributed by atoms with Crippen LogP contribution < -0.4 is 5.32 Å². The molecule has 0 aliphatic carbocycles. The van der Waals surface area contributed by atoms with E-state index in [0.29, 0.717) is 0 Å². The Morgan fingerprint density at radius 1 is 1.47 bits per heavy atom. The van der Waals surface area contributed by atoms with Crippen LogP contribution in [0.2, 0.25) is 5.02 Å². The summed E-state index contributed by atoms with van der Waals surface area (Å²) in [6.45, 7) is 0.469. The monoisotopic (exact) mass is 329 g/mol. The lowest BCUT2D eigenvalue weighted by atomic mass is 10.2. The van der Waals surface area contributed by atoms with E-state index in [4.69, 9.17) is 27.0 Å². The van der Waals surface area contributed by atoms with Crippen LogP contribution in [0.3, 0.4) is 0 Å². The van der Waals surface area contributed by atoms with Gasteiger partial charge in [-0.1, -0.05) is 11.6 Å². The number of benzene rings is 1. The Bertz CT molecular complexity index is 591. The average molecular weight is 330 g/mol. The van der Waals surface area contributed by atoms with Crippen molar-refractivity contribution in [3.05, 3.63) is 28.5 Å². The first-order chi connectivity index (χ1) is 8.77. The van der Waals surface area contributed by atoms with Gasteiger partial charge in [0.2, 0.25) is 0 Å². The SMILES string of the molecule is COCCNC(=O)c1cc(S(=O)(=O)Cl)c(F)cc1Cl. The molecular formula is C10H10Cl2FNO4S. The van der Waals surface area contributed by atoms with E-state index in [0.717, 1.165) is 12.1 Å². The van der Waals surface area contributed by atoms with Crippen molar-refractivity contribution in [1.29, 1.82) is 0 Å². The number of amides is 1. The summed E-state index contributed by atoms with van der Waals surface area (Å²) >= 11 is 5.69. The minimum absolute atomic E-state index is 0.182. The summed E-state index contributed by atoms with van der Waals surface area (Å²) in [5.74, 6) is -1.77. The first-order valence-corrected chi connectivity index (χ1v) is 7.67. The van der Waals surface area contributed by atoms with Crippen LogP contribution in [0.25, 0.3) is 0 Å². The maximum absolute atomic E-state index is 13.4. The van der Waals surface area contributed by atoms with Crippen LogP contribution in [0.5, 0.6) is 0 Å². The van der Waals surface area contributed by atoms with Gasteiger partial charge in [-0.25, -0.2) is 12.8 Å². The number of hydrogen-bond donors (Lipinski definition) is 1. The normalized spacial score (nSPS) is 11.4. The molecule has 5 nitrogen and oxygen atoms in total. The van der Waals surface area contributed by atoms with Gasteiger partial charge < -0.3 is 10.1 Å². The molecule has 0 unspecified atom stereocenters. The van der Waals surface area contributed by atoms with Crippen LogP contribution in [-0.2, 0) is 13.8 Å². The molecule has 0 aliphatic rings. The second-order valence-corrected chi connectivity index (χ2v) is 6.39. The Hall–Kier alpha value is -0.890. The van der Waals surface area contributed by atoms with E-state index in [9.17, 15) is 17.6 Å². The van der Waals surface area contributed by atoms with Crippen LogP contribution in [0.4, 0.5) is 4.39 Å². The summed E-state index contributed by atoms with van der Waals surface area (Å²) < 4.78 is 40.4. The Morgan fingerprint density at radius 2 is 2.11 bits per heavy atom. The number of ether oxygens (including phenoxy) is 1. The Morgan fingerprint density at radius 3 is 2.63 bits per heavy atom. The number of methoxy groups -OCH3 is 1. The van der Waals surface area contributed by atoms with E-state index in [1.54, 1.807) is 0 Å². The van der Waals surface area contributed by atoms with Crippen molar-refractivity contribution in [3.63, 3.8) is 0 Å². The van der Waals surface area contributed by atoms with Gasteiger partial charge in [0.05, 0.1) is 17.2 Å². The highest BCUT2D eigenvalue weighted by molar-refractivity contribution is 8.13. The summed E-state index contributed by atoms with van der Waals surface area (Å²) in [5.41, 5.74) is -0.182. The molecule has 1 aromatic rings. The molecular weight excluding hydrogens is 320 g/mol. The molecule has 1 rings (SSSR count). The lowest BCUT2D eigenvalue weighted by Gasteiger charge is -2.08. The van der Waals surface area contributed by atoms with Crippen molar-refractivity contribution in [3.8, 4) is 0 Å². The van der Waals surface area contributed by atoms with Gasteiger partial charge in [0, 0.05) is 24.3 Å². The third kappa shape index (κ3) is 4.31. The van der Waals surface area contributed by atoms with Crippen molar-refractivity contribution < 1.29 is 22.3 Å². The highest BCUT2D eigenvalue weighted by Gasteiger charge is 2.21. The number of carbonyl (C=O) groups is 1. The zero-order chi connectivity index (χ0) is 14.6. The highest BCUT2D eigenvalue weighted by Crippen LogP contribution is 2.26. The molecule has 1 N–H and O–H groups in total. The Kier molecular flexibility index (Phi) is 5.54. The second-order valence-electron chi connectivity index (χ2n) is 3.45. The summed E-state index contributed by atoms with van der Waals surface area (Å²) in [6, 6.07) is 1.52. The minimum Gasteiger partial charge on any atom is -0.383 e. The molecule has 0 bridgehead atoms. The molecule has 1 aromatic carbocycles. The van der Waals surface area contributed by atoms with Crippen molar-refractivity contribution in [2.75, 3.05) is 20.3 Å². The van der Waals surface area contributed by atoms with Crippen LogP contribution in [-0.4, -0.2) is 34.6 Å². The first-order valence-electron chi connectivity index (χ1n) is 4.98. The quantitative estimate of drug-likeness (QED) is 0.660. The summed E-state index contributed by atoms with van der Waals surface area (Å²) in [6.07, 6.45) is 0. The maximum Gasteiger partial charge on any atom is 0.264 e. The summed E-state index contributed by atoms with van der Waals surface area (Å²) in [7, 11) is 2.21. The smallest absolute Gasteiger partial charge is 0.264 e. The van der Waals surface area contributed by atoms with Crippen LogP contribution in [0.1, 0.15) is 10.4 Å². The van der Waals surface area contributed by atoms with Gasteiger partial charge in [-0.05, 0) is 12.1 Å². The standard InChI is InChI=1S/C10H10Cl2FNO4S/c1-18-3-2-14-10(15)6-4-9(19(12,16)17)8(13)5-7(6)11/h4-5H,2-3H2,1H3,(H,14,15). The van der Waals surface area contributed by atoms with Gasteiger partial charge in [-0.3, -0.25) is 4.79 Å². The van der Waals surface area contributed by atoms with E-state index in [1.807, 2.05) is 0 Å². The molecule has 0 saturated carbocycles. The first kappa shape index (κ1) is 16.2. The molecule has 9 heteroatoms. The van der Waals surface area contributed by atoms with Gasteiger partial charge in [0.15, 0.2) is 0 Å². The topological polar surface area (TPSA) is 72.5 Å². The molecule has 0 spiro atoms. The van der Waals surface area contributed by atoms with Crippen LogP contribution >= 0.6 is 22.3 Å². The Balaban J connectivity index is 3.11. The Labute approximate surface area is 119 Å². The summed E-state index contributed by atoms with van der Waals surface area (Å²) in [4.78, 5) is 10.9. The lowest BCUT2D eigenvalue weighted by molar-refractivity contribution is 0.0937. The third-order valence-corrected chi connectivity index (χ3v) is 3.77. The van der Waals surface area contributed by atoms with E-state index >= 15 is 0 Å². The summed E-state index contributed by atoms with van der Waals surface area (Å²) in [5, 5.41) is 2.22. The number of halogens is 3. The molecule has 1 amide bonds. The fourth-order valence-corrected chi connectivity index (χ4v) is 2.39. The molecule has 0 fully saturated rings. The van der Waals surface area contributed by atoms with Crippen molar-refractivity contribution >= 4 is 37.2 Å². The van der Waals surface area contributed by atoms with Gasteiger partial charge >= 0.3 is 0 Å². The highest BCUT2D eigenvalue weighted by atomic mass is 35.7. The van der Waals surface area contributed by atoms with E-state index in [2.05, 4.69) is 5.32 Å². The molecule has 106 valence electrons. The lowest BCUT2D eigenvalue weighted by Crippen LogP contribution is -2.27. The molecule has 0 aromatic heterocycles. The van der Waals surface area contributed by atoms with Gasteiger partial charge in [-0.15, -0.1) is 0 Å². The molecule has 0 atom stereocenters. The maximum atomic E-state index is 13.4. The zero-order valence-corrected chi connectivity index (χ0v) is 12.1. The van der Waals surface area contributed by atoms with Crippen molar-refractivity contribution in [1.82, 2.24) is 5.32 Å². The largest absolute Gasteiger partial charge is 0.383 e. The predicted octanol–water partition coefficient (Wildman–Crippen LogP) is 1.78. The van der Waals surface area contributed by atoms with Crippen LogP contribution in [0, 0.1) is 5.82 Å². The molecule has 0 saturated heterocycles. The number of carbonyl (C=O) groups excluding carboxylic acids is 1. The molecule has 0 radical (unpaired) electrons. The fraction of sp³-hybridized carbons (Fsp3) is 0.300. The number of hydrogen-bond acceptors (Lipinski definition) is 4. The number of nitrogens with one attached hydrogen (secondary N) is 1. The molecule has 19 heavy (non-hydrogen) atoms. The molecule has 0 heterocycles. The average Bonchev–Trinajstić information content (AvgIpc) is 2.27.